The van der Waals surface area contributed by atoms with Crippen molar-refractivity contribution in [3.05, 3.63) is 53.2 Å². The van der Waals surface area contributed by atoms with Gasteiger partial charge in [0.1, 0.15) is 6.04 Å². The second-order valence-electron chi connectivity index (χ2n) is 7.78. The van der Waals surface area contributed by atoms with Crippen LogP contribution in [0.1, 0.15) is 48.2 Å². The van der Waals surface area contributed by atoms with Crippen molar-refractivity contribution in [3.8, 4) is 11.3 Å². The van der Waals surface area contributed by atoms with Crippen molar-refractivity contribution in [2.24, 2.45) is 0 Å². The number of nitrogens with one attached hydrogen (secondary N) is 1. The summed E-state index contributed by atoms with van der Waals surface area (Å²) in [5.41, 5.74) is 4.52. The second-order valence-corrected chi connectivity index (χ2v) is 7.78. The van der Waals surface area contributed by atoms with Gasteiger partial charge in [0, 0.05) is 36.8 Å². The smallest absolute Gasteiger partial charge is 0.255 e. The molecule has 1 atom stereocenters. The molecule has 1 aromatic heterocycles. The van der Waals surface area contributed by atoms with Crippen LogP contribution in [-0.2, 0) is 22.7 Å². The molecule has 3 amide bonds. The molecule has 4 rings (SSSR count). The van der Waals surface area contributed by atoms with Crippen LogP contribution in [0.5, 0.6) is 0 Å². The first kappa shape index (κ1) is 20.2. The van der Waals surface area contributed by atoms with E-state index in [1.807, 2.05) is 30.5 Å². The minimum Gasteiger partial charge on any atom is -0.322 e. The van der Waals surface area contributed by atoms with Crippen LogP contribution < -0.4 is 5.32 Å². The van der Waals surface area contributed by atoms with Gasteiger partial charge in [-0.1, -0.05) is 19.9 Å². The number of hydrogen-bond acceptors (Lipinski definition) is 5. The van der Waals surface area contributed by atoms with Crippen molar-refractivity contribution in [2.75, 3.05) is 13.1 Å². The lowest BCUT2D eigenvalue weighted by molar-refractivity contribution is -0.136. The molecule has 1 N–H and O–H groups in total. The minimum atomic E-state index is -0.596. The summed E-state index contributed by atoms with van der Waals surface area (Å²) in [5.74, 6) is -0.828. The van der Waals surface area contributed by atoms with E-state index in [-0.39, 0.29) is 18.2 Å². The molecule has 2 aliphatic rings. The summed E-state index contributed by atoms with van der Waals surface area (Å²) in [6, 6.07) is 9.24. The van der Waals surface area contributed by atoms with Gasteiger partial charge in [-0.05, 0) is 54.9 Å². The number of piperidine rings is 1. The zero-order valence-electron chi connectivity index (χ0n) is 17.4. The summed E-state index contributed by atoms with van der Waals surface area (Å²) in [6.07, 6.45) is 2.44. The third kappa shape index (κ3) is 3.85. The number of fused-ring (bicyclic) bond motifs is 1. The molecule has 1 saturated heterocycles. The largest absolute Gasteiger partial charge is 0.322 e. The summed E-state index contributed by atoms with van der Waals surface area (Å²) in [7, 11) is 0. The van der Waals surface area contributed by atoms with Gasteiger partial charge in [0.25, 0.3) is 5.91 Å². The highest BCUT2D eigenvalue weighted by Gasteiger charge is 2.39. The molecular weight excluding hydrogens is 380 g/mol. The van der Waals surface area contributed by atoms with E-state index in [0.717, 1.165) is 36.5 Å². The van der Waals surface area contributed by atoms with Crippen LogP contribution >= 0.6 is 0 Å². The number of rotatable bonds is 6. The highest BCUT2D eigenvalue weighted by Crippen LogP contribution is 2.31. The molecule has 1 aromatic carbocycles. The highest BCUT2D eigenvalue weighted by molar-refractivity contribution is 6.05. The van der Waals surface area contributed by atoms with Crippen LogP contribution in [0.25, 0.3) is 11.3 Å². The second kappa shape index (κ2) is 8.36. The molecule has 30 heavy (non-hydrogen) atoms. The third-order valence-electron chi connectivity index (χ3n) is 5.94. The standard InChI is InChI=1S/C23H26N4O3/c1-3-26(4-2)13-15-9-10-24-19(11-15)16-5-6-18-17(12-16)14-27(23(18)30)20-7-8-21(28)25-22(20)29/h5-6,9-12,20H,3-4,7-8,13-14H2,1-2H3,(H,25,28,29). The van der Waals surface area contributed by atoms with Crippen molar-refractivity contribution < 1.29 is 14.4 Å². The van der Waals surface area contributed by atoms with Crippen molar-refractivity contribution in [1.29, 1.82) is 0 Å². The van der Waals surface area contributed by atoms with Gasteiger partial charge < -0.3 is 4.90 Å². The first-order valence-electron chi connectivity index (χ1n) is 10.5. The van der Waals surface area contributed by atoms with E-state index in [2.05, 4.69) is 35.1 Å². The first-order valence-corrected chi connectivity index (χ1v) is 10.5. The van der Waals surface area contributed by atoms with Crippen LogP contribution in [0.15, 0.2) is 36.5 Å². The van der Waals surface area contributed by atoms with E-state index in [9.17, 15) is 14.4 Å². The van der Waals surface area contributed by atoms with Gasteiger partial charge >= 0.3 is 0 Å². The number of amides is 3. The lowest BCUT2D eigenvalue weighted by atomic mass is 10.0. The first-order chi connectivity index (χ1) is 14.5. The SMILES string of the molecule is CCN(CC)Cc1ccnc(-c2ccc3c(c2)CN(C2CCC(=O)NC2=O)C3=O)c1. The maximum absolute atomic E-state index is 12.9. The van der Waals surface area contributed by atoms with E-state index >= 15 is 0 Å². The van der Waals surface area contributed by atoms with Gasteiger partial charge in [0.2, 0.25) is 11.8 Å². The van der Waals surface area contributed by atoms with Crippen molar-refractivity contribution in [2.45, 2.75) is 45.8 Å². The van der Waals surface area contributed by atoms with Crippen molar-refractivity contribution in [3.63, 3.8) is 0 Å². The van der Waals surface area contributed by atoms with Gasteiger partial charge in [-0.15, -0.1) is 0 Å². The van der Waals surface area contributed by atoms with Crippen molar-refractivity contribution in [1.82, 2.24) is 20.1 Å². The van der Waals surface area contributed by atoms with Gasteiger partial charge in [0.15, 0.2) is 0 Å². The Morgan fingerprint density at radius 3 is 2.67 bits per heavy atom. The molecule has 3 heterocycles. The van der Waals surface area contributed by atoms with Gasteiger partial charge in [-0.3, -0.25) is 29.6 Å². The molecule has 1 unspecified atom stereocenters. The van der Waals surface area contributed by atoms with Crippen LogP contribution in [-0.4, -0.2) is 51.6 Å². The molecule has 0 saturated carbocycles. The molecule has 7 nitrogen and oxygen atoms in total. The Morgan fingerprint density at radius 2 is 1.93 bits per heavy atom. The average molecular weight is 406 g/mol. The van der Waals surface area contributed by atoms with E-state index in [1.54, 1.807) is 4.90 Å². The Balaban J connectivity index is 1.56. The monoisotopic (exact) mass is 406 g/mol. The third-order valence-corrected chi connectivity index (χ3v) is 5.94. The van der Waals surface area contributed by atoms with E-state index < -0.39 is 11.9 Å². The Morgan fingerprint density at radius 1 is 1.13 bits per heavy atom. The molecule has 2 aliphatic heterocycles. The molecule has 0 bridgehead atoms. The number of carbonyl (C=O) groups is 3. The summed E-state index contributed by atoms with van der Waals surface area (Å²) in [6.45, 7) is 7.52. The number of hydrogen-bond donors (Lipinski definition) is 1. The Bertz CT molecular complexity index is 1000. The fraction of sp³-hybridized carbons (Fsp3) is 0.391. The van der Waals surface area contributed by atoms with Crippen LogP contribution in [0, 0.1) is 0 Å². The molecule has 1 fully saturated rings. The molecule has 0 aliphatic carbocycles. The summed E-state index contributed by atoms with van der Waals surface area (Å²) >= 11 is 0. The minimum absolute atomic E-state index is 0.158. The van der Waals surface area contributed by atoms with Gasteiger partial charge in [-0.25, -0.2) is 0 Å². The van der Waals surface area contributed by atoms with Gasteiger partial charge in [0.05, 0.1) is 5.69 Å². The Hall–Kier alpha value is -3.06. The number of imide groups is 1. The predicted octanol–water partition coefficient (Wildman–Crippen LogP) is 2.35. The quantitative estimate of drug-likeness (QED) is 0.745. The number of nitrogens with zero attached hydrogens (tertiary/aromatic N) is 3. The highest BCUT2D eigenvalue weighted by atomic mass is 16.2. The fourth-order valence-corrected chi connectivity index (χ4v) is 4.17. The molecule has 7 heteroatoms. The topological polar surface area (TPSA) is 82.6 Å². The molecular formula is C23H26N4O3. The number of aromatic nitrogens is 1. The Labute approximate surface area is 176 Å². The zero-order chi connectivity index (χ0) is 21.3. The fourth-order valence-electron chi connectivity index (χ4n) is 4.17. The summed E-state index contributed by atoms with van der Waals surface area (Å²) in [4.78, 5) is 44.9. The van der Waals surface area contributed by atoms with Crippen LogP contribution in [0.4, 0.5) is 0 Å². The van der Waals surface area contributed by atoms with Crippen molar-refractivity contribution >= 4 is 17.7 Å². The number of carbonyl (C=O) groups excluding carboxylic acids is 3. The van der Waals surface area contributed by atoms with E-state index in [4.69, 9.17) is 0 Å². The molecule has 2 aromatic rings. The maximum Gasteiger partial charge on any atom is 0.255 e. The van der Waals surface area contributed by atoms with E-state index in [1.165, 1.54) is 5.56 Å². The molecule has 0 radical (unpaired) electrons. The summed E-state index contributed by atoms with van der Waals surface area (Å²) in [5, 5.41) is 2.34. The number of pyridine rings is 1. The lowest BCUT2D eigenvalue weighted by Crippen LogP contribution is -2.52. The Kier molecular flexibility index (Phi) is 5.63. The van der Waals surface area contributed by atoms with Crippen LogP contribution in [0.2, 0.25) is 0 Å². The summed E-state index contributed by atoms with van der Waals surface area (Å²) < 4.78 is 0. The normalized spacial score (nSPS) is 18.7. The zero-order valence-corrected chi connectivity index (χ0v) is 17.4. The van der Waals surface area contributed by atoms with E-state index in [0.29, 0.717) is 18.5 Å². The molecule has 0 spiro atoms. The van der Waals surface area contributed by atoms with Gasteiger partial charge in [-0.2, -0.15) is 0 Å². The van der Waals surface area contributed by atoms with Crippen LogP contribution in [0.3, 0.4) is 0 Å². The average Bonchev–Trinajstić information content (AvgIpc) is 3.08. The lowest BCUT2D eigenvalue weighted by Gasteiger charge is -2.29. The molecule has 156 valence electrons. The number of benzene rings is 1. The maximum atomic E-state index is 12.9. The predicted molar refractivity (Wildman–Crippen MR) is 112 cm³/mol.